The van der Waals surface area contributed by atoms with Crippen LogP contribution in [0.5, 0.6) is 5.88 Å². The fraction of sp³-hybridized carbons (Fsp3) is 0.200. The highest BCUT2D eigenvalue weighted by Crippen LogP contribution is 2.26. The summed E-state index contributed by atoms with van der Waals surface area (Å²) in [6.07, 6.45) is 0.578. The average Bonchev–Trinajstić information content (AvgIpc) is 2.52. The van der Waals surface area contributed by atoms with Crippen molar-refractivity contribution >= 4 is 29.1 Å². The highest BCUT2D eigenvalue weighted by molar-refractivity contribution is 6.35. The third-order valence-corrected chi connectivity index (χ3v) is 3.55. The summed E-state index contributed by atoms with van der Waals surface area (Å²) in [4.78, 5) is 16.0. The van der Waals surface area contributed by atoms with Gasteiger partial charge in [0, 0.05) is 28.4 Å². The van der Waals surface area contributed by atoms with Crippen molar-refractivity contribution in [3.63, 3.8) is 0 Å². The molecule has 22 heavy (non-hydrogen) atoms. The number of nitrogens with zero attached hydrogens (tertiary/aromatic N) is 1. The zero-order valence-corrected chi connectivity index (χ0v) is 13.2. The van der Waals surface area contributed by atoms with Crippen LogP contribution in [-0.4, -0.2) is 29.7 Å². The Hall–Kier alpha value is -1.82. The topological polar surface area (TPSA) is 71.5 Å². The molecule has 1 unspecified atom stereocenters. The maximum atomic E-state index is 12.1. The summed E-state index contributed by atoms with van der Waals surface area (Å²) in [5.41, 5.74) is 0.781. The van der Waals surface area contributed by atoms with E-state index in [1.807, 2.05) is 0 Å². The second-order valence-electron chi connectivity index (χ2n) is 4.45. The Morgan fingerprint density at radius 1 is 1.41 bits per heavy atom. The number of aromatic nitrogens is 1. The van der Waals surface area contributed by atoms with Gasteiger partial charge in [-0.05, 0) is 24.3 Å². The molecule has 0 aliphatic carbocycles. The number of hydrogen-bond acceptors (Lipinski definition) is 4. The minimum atomic E-state index is -0.948. The molecule has 1 aromatic heterocycles. The van der Waals surface area contributed by atoms with E-state index >= 15 is 0 Å². The molecule has 1 atom stereocenters. The fourth-order valence-electron chi connectivity index (χ4n) is 1.89. The SMILES string of the molecule is COc1ncccc1C(=O)NCC(O)c1ccc(Cl)cc1Cl. The number of methoxy groups -OCH3 is 1. The molecule has 1 amide bonds. The van der Waals surface area contributed by atoms with E-state index in [-0.39, 0.29) is 12.4 Å². The molecule has 116 valence electrons. The van der Waals surface area contributed by atoms with Gasteiger partial charge in [0.2, 0.25) is 5.88 Å². The number of aliphatic hydroxyl groups excluding tert-OH is 1. The maximum Gasteiger partial charge on any atom is 0.256 e. The molecule has 0 spiro atoms. The summed E-state index contributed by atoms with van der Waals surface area (Å²) >= 11 is 11.8. The second kappa shape index (κ2) is 7.45. The van der Waals surface area contributed by atoms with Crippen molar-refractivity contribution in [1.29, 1.82) is 0 Å². The summed E-state index contributed by atoms with van der Waals surface area (Å²) in [7, 11) is 1.43. The minimum absolute atomic E-state index is 0.00175. The van der Waals surface area contributed by atoms with Gasteiger partial charge in [-0.3, -0.25) is 4.79 Å². The minimum Gasteiger partial charge on any atom is -0.480 e. The van der Waals surface area contributed by atoms with E-state index in [1.54, 1.807) is 24.3 Å². The van der Waals surface area contributed by atoms with E-state index in [0.717, 1.165) is 0 Å². The molecule has 1 aromatic carbocycles. The summed E-state index contributed by atoms with van der Waals surface area (Å²) in [6, 6.07) is 7.99. The standard InChI is InChI=1S/C15H14Cl2N2O3/c1-22-15-11(3-2-6-18-15)14(21)19-8-13(20)10-5-4-9(16)7-12(10)17/h2-7,13,20H,8H2,1H3,(H,19,21). The quantitative estimate of drug-likeness (QED) is 0.877. The number of ether oxygens (including phenoxy) is 1. The number of rotatable bonds is 5. The predicted octanol–water partition coefficient (Wildman–Crippen LogP) is 2.86. The van der Waals surface area contributed by atoms with E-state index in [9.17, 15) is 9.90 Å². The number of hydrogen-bond donors (Lipinski definition) is 2. The van der Waals surface area contributed by atoms with Gasteiger partial charge < -0.3 is 15.2 Å². The van der Waals surface area contributed by atoms with Gasteiger partial charge in [-0.2, -0.15) is 0 Å². The van der Waals surface area contributed by atoms with Gasteiger partial charge >= 0.3 is 0 Å². The predicted molar refractivity (Wildman–Crippen MR) is 84.5 cm³/mol. The summed E-state index contributed by atoms with van der Waals surface area (Å²) in [6.45, 7) is -0.00175. The smallest absolute Gasteiger partial charge is 0.256 e. The molecule has 0 aliphatic rings. The Kier molecular flexibility index (Phi) is 5.60. The first-order valence-electron chi connectivity index (χ1n) is 6.43. The largest absolute Gasteiger partial charge is 0.480 e. The summed E-state index contributed by atoms with van der Waals surface area (Å²) in [5.74, 6) is -0.173. The molecule has 1 heterocycles. The molecular weight excluding hydrogens is 327 g/mol. The Labute approximate surface area is 137 Å². The van der Waals surface area contributed by atoms with Gasteiger partial charge in [-0.1, -0.05) is 29.3 Å². The van der Waals surface area contributed by atoms with Crippen LogP contribution in [0, 0.1) is 0 Å². The first-order valence-corrected chi connectivity index (χ1v) is 7.18. The van der Waals surface area contributed by atoms with Crippen molar-refractivity contribution in [2.24, 2.45) is 0 Å². The normalized spacial score (nSPS) is 11.8. The number of halogens is 2. The second-order valence-corrected chi connectivity index (χ2v) is 5.30. The van der Waals surface area contributed by atoms with Crippen LogP contribution in [0.2, 0.25) is 10.0 Å². The lowest BCUT2D eigenvalue weighted by molar-refractivity contribution is 0.0912. The monoisotopic (exact) mass is 340 g/mol. The number of benzene rings is 1. The molecule has 5 nitrogen and oxygen atoms in total. The fourth-order valence-corrected chi connectivity index (χ4v) is 2.43. The molecule has 0 fully saturated rings. The number of pyridine rings is 1. The Balaban J connectivity index is 2.04. The zero-order valence-electron chi connectivity index (χ0n) is 11.7. The van der Waals surface area contributed by atoms with Gasteiger partial charge in [-0.15, -0.1) is 0 Å². The highest BCUT2D eigenvalue weighted by atomic mass is 35.5. The molecule has 2 aromatic rings. The third kappa shape index (κ3) is 3.88. The van der Waals surface area contributed by atoms with Crippen LogP contribution < -0.4 is 10.1 Å². The van der Waals surface area contributed by atoms with Crippen LogP contribution in [0.4, 0.5) is 0 Å². The molecule has 0 bridgehead atoms. The number of amides is 1. The molecule has 2 rings (SSSR count). The van der Waals surface area contributed by atoms with Gasteiger partial charge in [0.25, 0.3) is 5.91 Å². The molecule has 2 N–H and O–H groups in total. The van der Waals surface area contributed by atoms with Crippen molar-refractivity contribution < 1.29 is 14.6 Å². The maximum absolute atomic E-state index is 12.1. The molecule has 0 radical (unpaired) electrons. The number of carbonyl (C=O) groups is 1. The van der Waals surface area contributed by atoms with Crippen LogP contribution >= 0.6 is 23.2 Å². The molecule has 7 heteroatoms. The van der Waals surface area contributed by atoms with Crippen LogP contribution in [-0.2, 0) is 0 Å². The lowest BCUT2D eigenvalue weighted by Crippen LogP contribution is -2.29. The Bertz CT molecular complexity index is 680. The van der Waals surface area contributed by atoms with E-state index in [1.165, 1.54) is 19.4 Å². The van der Waals surface area contributed by atoms with Crippen LogP contribution in [0.3, 0.4) is 0 Å². The summed E-state index contributed by atoms with van der Waals surface area (Å²) < 4.78 is 5.02. The van der Waals surface area contributed by atoms with Crippen molar-refractivity contribution in [3.05, 3.63) is 57.7 Å². The lowest BCUT2D eigenvalue weighted by Gasteiger charge is -2.14. The van der Waals surface area contributed by atoms with Crippen molar-refractivity contribution in [3.8, 4) is 5.88 Å². The zero-order chi connectivity index (χ0) is 16.1. The molecular formula is C15H14Cl2N2O3. The van der Waals surface area contributed by atoms with Gasteiger partial charge in [-0.25, -0.2) is 4.98 Å². The molecule has 0 aliphatic heterocycles. The van der Waals surface area contributed by atoms with Crippen LogP contribution in [0.25, 0.3) is 0 Å². The van der Waals surface area contributed by atoms with E-state index < -0.39 is 12.0 Å². The van der Waals surface area contributed by atoms with Gasteiger partial charge in [0.15, 0.2) is 0 Å². The first kappa shape index (κ1) is 16.5. The van der Waals surface area contributed by atoms with Crippen molar-refractivity contribution in [2.75, 3.05) is 13.7 Å². The Morgan fingerprint density at radius 2 is 2.18 bits per heavy atom. The lowest BCUT2D eigenvalue weighted by atomic mass is 10.1. The van der Waals surface area contributed by atoms with Gasteiger partial charge in [0.1, 0.15) is 5.56 Å². The van der Waals surface area contributed by atoms with E-state index in [2.05, 4.69) is 10.3 Å². The molecule has 0 saturated heterocycles. The Morgan fingerprint density at radius 3 is 2.86 bits per heavy atom. The van der Waals surface area contributed by atoms with E-state index in [0.29, 0.717) is 21.2 Å². The number of nitrogens with one attached hydrogen (secondary N) is 1. The van der Waals surface area contributed by atoms with E-state index in [4.69, 9.17) is 27.9 Å². The van der Waals surface area contributed by atoms with Crippen LogP contribution in [0.15, 0.2) is 36.5 Å². The van der Waals surface area contributed by atoms with Crippen molar-refractivity contribution in [1.82, 2.24) is 10.3 Å². The number of aliphatic hydroxyl groups is 1. The summed E-state index contributed by atoms with van der Waals surface area (Å²) in [5, 5.41) is 13.6. The van der Waals surface area contributed by atoms with Crippen LogP contribution in [0.1, 0.15) is 22.0 Å². The average molecular weight is 341 g/mol. The first-order chi connectivity index (χ1) is 10.5. The molecule has 0 saturated carbocycles. The number of carbonyl (C=O) groups excluding carboxylic acids is 1. The van der Waals surface area contributed by atoms with Crippen molar-refractivity contribution in [2.45, 2.75) is 6.10 Å². The highest BCUT2D eigenvalue weighted by Gasteiger charge is 2.16. The van der Waals surface area contributed by atoms with Gasteiger partial charge in [0.05, 0.1) is 13.2 Å². The third-order valence-electron chi connectivity index (χ3n) is 2.99.